The van der Waals surface area contributed by atoms with Gasteiger partial charge in [0.15, 0.2) is 0 Å². The second-order valence-corrected chi connectivity index (χ2v) is 9.93. The van der Waals surface area contributed by atoms with E-state index in [9.17, 15) is 37.1 Å². The van der Waals surface area contributed by atoms with E-state index < -0.39 is 54.9 Å². The van der Waals surface area contributed by atoms with Crippen molar-refractivity contribution in [2.24, 2.45) is 0 Å². The van der Waals surface area contributed by atoms with E-state index in [2.05, 4.69) is 10.6 Å². The van der Waals surface area contributed by atoms with Gasteiger partial charge in [0.05, 0.1) is 16.7 Å². The number of nitrogens with zero attached hydrogens (tertiary/aromatic N) is 4. The van der Waals surface area contributed by atoms with Crippen molar-refractivity contribution in [3.05, 3.63) is 58.0 Å². The number of aromatic nitrogens is 2. The molecule has 3 heterocycles. The molecule has 11 nitrogen and oxygen atoms in total. The Morgan fingerprint density at radius 2 is 1.82 bits per heavy atom. The Hall–Kier alpha value is -4.62. The number of urea groups is 1. The van der Waals surface area contributed by atoms with Crippen molar-refractivity contribution < 1.29 is 32.3 Å². The number of fused-ring (bicyclic) bond motifs is 1. The molecule has 0 bridgehead atoms. The fourth-order valence-electron chi connectivity index (χ4n) is 5.70. The molecule has 1 aliphatic carbocycles. The lowest BCUT2D eigenvalue weighted by Crippen LogP contribution is -2.48. The molecule has 2 aromatic carbocycles. The van der Waals surface area contributed by atoms with Crippen LogP contribution in [0, 0.1) is 0 Å². The van der Waals surface area contributed by atoms with Crippen LogP contribution in [-0.2, 0) is 40.3 Å². The topological polar surface area (TPSA) is 126 Å². The van der Waals surface area contributed by atoms with E-state index in [0.717, 1.165) is 20.3 Å². The van der Waals surface area contributed by atoms with Crippen LogP contribution in [0.2, 0.25) is 0 Å². The van der Waals surface area contributed by atoms with Crippen molar-refractivity contribution in [3.8, 4) is 0 Å². The van der Waals surface area contributed by atoms with Gasteiger partial charge in [-0.25, -0.2) is 9.59 Å². The molecule has 1 saturated heterocycles. The van der Waals surface area contributed by atoms with E-state index in [1.165, 1.54) is 23.1 Å². The number of likely N-dealkylation sites (N-methyl/N-ethyl adjacent to an activating group) is 1. The number of nitrogens with one attached hydrogen (secondary N) is 2. The van der Waals surface area contributed by atoms with Crippen LogP contribution in [0.4, 0.5) is 29.3 Å². The molecule has 2 aliphatic heterocycles. The summed E-state index contributed by atoms with van der Waals surface area (Å²) in [6, 6.07) is 8.91. The third-order valence-corrected chi connectivity index (χ3v) is 7.59. The summed E-state index contributed by atoms with van der Waals surface area (Å²) in [5.41, 5.74) is 0.682. The number of halogens is 3. The van der Waals surface area contributed by atoms with E-state index in [4.69, 9.17) is 0 Å². The maximum Gasteiger partial charge on any atom is 0.406 e. The maximum atomic E-state index is 13.1. The number of anilines is 2. The average molecular weight is 542 g/mol. The molecule has 5 amide bonds. The van der Waals surface area contributed by atoms with Gasteiger partial charge in [0.25, 0.3) is 5.91 Å². The van der Waals surface area contributed by atoms with Gasteiger partial charge in [-0.05, 0) is 35.4 Å². The van der Waals surface area contributed by atoms with E-state index in [1.54, 1.807) is 25.2 Å². The minimum atomic E-state index is -4.63. The Kier molecular flexibility index (Phi) is 5.19. The molecule has 39 heavy (non-hydrogen) atoms. The van der Waals surface area contributed by atoms with Gasteiger partial charge in [-0.15, -0.1) is 0 Å². The first kappa shape index (κ1) is 24.7. The van der Waals surface area contributed by atoms with Gasteiger partial charge in [-0.3, -0.25) is 33.7 Å². The van der Waals surface area contributed by atoms with E-state index in [0.29, 0.717) is 17.0 Å². The number of carbonyl (C=O) groups is 4. The van der Waals surface area contributed by atoms with Gasteiger partial charge in [0, 0.05) is 25.6 Å². The normalized spacial score (nSPS) is 20.3. The third kappa shape index (κ3) is 3.77. The fraction of sp³-hybridized carbons (Fsp3) is 0.320. The highest BCUT2D eigenvalue weighted by Gasteiger charge is 2.54. The van der Waals surface area contributed by atoms with E-state index in [1.807, 2.05) is 0 Å². The summed E-state index contributed by atoms with van der Waals surface area (Å²) in [5, 5.41) is 5.04. The Labute approximate surface area is 217 Å². The quantitative estimate of drug-likeness (QED) is 0.482. The molecule has 1 unspecified atom stereocenters. The molecular weight excluding hydrogens is 521 g/mol. The molecule has 1 atom stereocenters. The van der Waals surface area contributed by atoms with E-state index >= 15 is 0 Å². The van der Waals surface area contributed by atoms with Gasteiger partial charge in [0.2, 0.25) is 11.8 Å². The maximum absolute atomic E-state index is 13.1. The molecule has 14 heteroatoms. The highest BCUT2D eigenvalue weighted by Crippen LogP contribution is 2.38. The fourth-order valence-corrected chi connectivity index (χ4v) is 5.70. The molecule has 1 fully saturated rings. The molecule has 0 radical (unpaired) electrons. The number of amides is 5. The van der Waals surface area contributed by atoms with Crippen LogP contribution in [0.1, 0.15) is 11.1 Å². The Morgan fingerprint density at radius 1 is 1.08 bits per heavy atom. The summed E-state index contributed by atoms with van der Waals surface area (Å²) in [6.45, 7) is -2.51. The predicted octanol–water partition coefficient (Wildman–Crippen LogP) is 1.37. The van der Waals surface area contributed by atoms with Crippen LogP contribution in [-0.4, -0.2) is 63.1 Å². The molecule has 3 aromatic rings. The predicted molar refractivity (Wildman–Crippen MR) is 131 cm³/mol. The molecular formula is C25H21F3N6O5. The number of alkyl halides is 3. The van der Waals surface area contributed by atoms with Crippen LogP contribution in [0.15, 0.2) is 41.2 Å². The van der Waals surface area contributed by atoms with Crippen LogP contribution in [0.5, 0.6) is 0 Å². The molecule has 202 valence electrons. The number of carbonyl (C=O) groups excluding carboxylic acids is 4. The summed E-state index contributed by atoms with van der Waals surface area (Å²) < 4.78 is 41.5. The number of para-hydroxylation sites is 1. The first-order chi connectivity index (χ1) is 18.4. The second-order valence-electron chi connectivity index (χ2n) is 9.93. The van der Waals surface area contributed by atoms with Gasteiger partial charge in [0.1, 0.15) is 25.2 Å². The van der Waals surface area contributed by atoms with Crippen molar-refractivity contribution >= 4 is 46.2 Å². The monoisotopic (exact) mass is 542 g/mol. The van der Waals surface area contributed by atoms with Crippen LogP contribution in [0.25, 0.3) is 11.0 Å². The highest BCUT2D eigenvalue weighted by molar-refractivity contribution is 6.08. The first-order valence-corrected chi connectivity index (χ1v) is 12.0. The van der Waals surface area contributed by atoms with E-state index in [-0.39, 0.29) is 29.0 Å². The molecule has 2 N–H and O–H groups in total. The van der Waals surface area contributed by atoms with Gasteiger partial charge >= 0.3 is 17.9 Å². The molecule has 3 aliphatic rings. The minimum Gasteiger partial charge on any atom is -0.325 e. The number of rotatable bonds is 4. The lowest BCUT2D eigenvalue weighted by molar-refractivity contribution is -0.133. The summed E-state index contributed by atoms with van der Waals surface area (Å²) >= 11 is 0. The highest BCUT2D eigenvalue weighted by atomic mass is 19.4. The Morgan fingerprint density at radius 3 is 2.51 bits per heavy atom. The Bertz CT molecular complexity index is 1670. The Balaban J connectivity index is 1.25. The van der Waals surface area contributed by atoms with Crippen LogP contribution < -0.4 is 21.2 Å². The number of imidazole rings is 1. The zero-order chi connectivity index (χ0) is 27.9. The zero-order valence-electron chi connectivity index (χ0n) is 20.5. The second kappa shape index (κ2) is 8.19. The lowest BCUT2D eigenvalue weighted by Gasteiger charge is -2.28. The van der Waals surface area contributed by atoms with Crippen molar-refractivity contribution in [2.75, 3.05) is 23.8 Å². The van der Waals surface area contributed by atoms with Crippen LogP contribution >= 0.6 is 0 Å². The van der Waals surface area contributed by atoms with Crippen molar-refractivity contribution in [1.82, 2.24) is 19.4 Å². The lowest BCUT2D eigenvalue weighted by atomic mass is 9.95. The third-order valence-electron chi connectivity index (χ3n) is 7.59. The van der Waals surface area contributed by atoms with Gasteiger partial charge in [-0.2, -0.15) is 13.2 Å². The smallest absolute Gasteiger partial charge is 0.325 e. The van der Waals surface area contributed by atoms with Gasteiger partial charge in [-0.1, -0.05) is 12.1 Å². The van der Waals surface area contributed by atoms with Crippen LogP contribution in [0.3, 0.4) is 0 Å². The minimum absolute atomic E-state index is 0.0516. The molecule has 1 spiro atoms. The van der Waals surface area contributed by atoms with Crippen molar-refractivity contribution in [2.45, 2.75) is 37.6 Å². The number of benzene rings is 2. The number of hydrogen-bond acceptors (Lipinski definition) is 5. The number of hydrogen-bond donors (Lipinski definition) is 2. The van der Waals surface area contributed by atoms with Gasteiger partial charge < -0.3 is 10.2 Å². The largest absolute Gasteiger partial charge is 0.406 e. The standard InChI is InChI=1S/C25H21F3N6O5/c1-31-22(38)30-21(37)24(31)8-13-5-6-15(7-14(13)9-24)29-18(35)10-32-16-3-2-4-17-20(16)33(23(32)39)11-19(36)34(17)12-25(26,27)28/h2-7H,8-12H2,1H3,(H,29,35)(H,30,37,38). The summed E-state index contributed by atoms with van der Waals surface area (Å²) in [4.78, 5) is 65.0. The zero-order valence-corrected chi connectivity index (χ0v) is 20.5. The van der Waals surface area contributed by atoms with Crippen molar-refractivity contribution in [1.29, 1.82) is 0 Å². The summed E-state index contributed by atoms with van der Waals surface area (Å²) in [7, 11) is 1.56. The molecule has 1 aromatic heterocycles. The SMILES string of the molecule is CN1C(=O)NC(=O)C12Cc1ccc(NC(=O)Cn3c(=O)n4c5c(cccc53)N(CC(F)(F)F)C(=O)C4)cc1C2. The first-order valence-electron chi connectivity index (χ1n) is 12.0. The summed E-state index contributed by atoms with van der Waals surface area (Å²) in [6.07, 6.45) is -4.02. The van der Waals surface area contributed by atoms with Crippen molar-refractivity contribution in [3.63, 3.8) is 0 Å². The molecule has 6 rings (SSSR count). The number of imide groups is 1. The average Bonchev–Trinajstić information content (AvgIpc) is 3.44. The molecule has 0 saturated carbocycles. The summed E-state index contributed by atoms with van der Waals surface area (Å²) in [5.74, 6) is -1.83.